The molecule has 0 amide bonds. The highest BCUT2D eigenvalue weighted by atomic mass is 35.5. The summed E-state index contributed by atoms with van der Waals surface area (Å²) in [6, 6.07) is 6.07. The number of nitrogens with two attached hydrogens (primary N) is 1. The van der Waals surface area contributed by atoms with Gasteiger partial charge in [0.05, 0.1) is 0 Å². The molecule has 0 atom stereocenters. The fraction of sp³-hybridized carbons (Fsp3) is 0.222. The monoisotopic (exact) mass is 233 g/mol. The van der Waals surface area contributed by atoms with E-state index in [9.17, 15) is 0 Å². The van der Waals surface area contributed by atoms with Crippen molar-refractivity contribution in [3.63, 3.8) is 0 Å². The van der Waals surface area contributed by atoms with Gasteiger partial charge in [0.1, 0.15) is 5.82 Å². The van der Waals surface area contributed by atoms with E-state index < -0.39 is 0 Å². The van der Waals surface area contributed by atoms with Gasteiger partial charge in [-0.05, 0) is 18.2 Å². The molecule has 0 aromatic rings. The summed E-state index contributed by atoms with van der Waals surface area (Å²) >= 11 is 0. The molecule has 2 rings (SSSR count). The second-order valence-corrected chi connectivity index (χ2v) is 2.71. The van der Waals surface area contributed by atoms with Gasteiger partial charge in [-0.1, -0.05) is 0 Å². The molecule has 0 aliphatic carbocycles. The Bertz CT molecular complexity index is 348. The molecule has 2 aliphatic heterocycles. The summed E-state index contributed by atoms with van der Waals surface area (Å²) in [6.07, 6.45) is 3.82. The third-order valence-corrected chi connectivity index (χ3v) is 1.89. The van der Waals surface area contributed by atoms with Crippen LogP contribution in [0.4, 0.5) is 0 Å². The molecule has 0 fully saturated rings. The fourth-order valence-electron chi connectivity index (χ4n) is 1.35. The third kappa shape index (κ3) is 2.38. The van der Waals surface area contributed by atoms with Gasteiger partial charge in [0.15, 0.2) is 0 Å². The molecule has 14 heavy (non-hydrogen) atoms. The molecule has 2 aliphatic rings. The van der Waals surface area contributed by atoms with Crippen LogP contribution in [-0.2, 0) is 6.54 Å². The minimum Gasteiger partial charge on any atom is -0.331 e. The molecule has 0 unspecified atom stereocenters. The van der Waals surface area contributed by atoms with Gasteiger partial charge in [0.2, 0.25) is 0 Å². The van der Waals surface area contributed by atoms with Crippen molar-refractivity contribution < 1.29 is 0 Å². The van der Waals surface area contributed by atoms with Gasteiger partial charge in [-0.15, -0.1) is 24.8 Å². The van der Waals surface area contributed by atoms with Gasteiger partial charge < -0.3 is 10.3 Å². The van der Waals surface area contributed by atoms with E-state index in [0.29, 0.717) is 6.54 Å². The molecule has 0 bridgehead atoms. The maximum atomic E-state index is 5.47. The Balaban J connectivity index is 0.000000845. The van der Waals surface area contributed by atoms with Crippen molar-refractivity contribution in [1.29, 1.82) is 0 Å². The minimum atomic E-state index is 0. The van der Waals surface area contributed by atoms with Crippen LogP contribution in [0.3, 0.4) is 0 Å². The second-order valence-electron chi connectivity index (χ2n) is 2.71. The number of hydrogen-bond donors (Lipinski definition) is 1. The number of pyridine rings is 1. The zero-order chi connectivity index (χ0) is 8.39. The Kier molecular flexibility index (Phi) is 5.53. The third-order valence-electron chi connectivity index (χ3n) is 1.89. The van der Waals surface area contributed by atoms with Crippen LogP contribution >= 0.6 is 24.8 Å². The first-order valence-electron chi connectivity index (χ1n) is 4.02. The van der Waals surface area contributed by atoms with Gasteiger partial charge in [0, 0.05) is 31.0 Å². The predicted molar refractivity (Wildman–Crippen MR) is 62.4 cm³/mol. The van der Waals surface area contributed by atoms with Gasteiger partial charge in [0.25, 0.3) is 0 Å². The van der Waals surface area contributed by atoms with E-state index in [1.807, 2.05) is 24.5 Å². The lowest BCUT2D eigenvalue weighted by Crippen LogP contribution is -2.11. The quantitative estimate of drug-likeness (QED) is 0.860. The largest absolute Gasteiger partial charge is 0.331 e. The zero-order valence-corrected chi connectivity index (χ0v) is 9.22. The zero-order valence-electron chi connectivity index (χ0n) is 7.59. The summed E-state index contributed by atoms with van der Waals surface area (Å²) in [5.74, 6) is 1.02. The fourth-order valence-corrected chi connectivity index (χ4v) is 1.35. The molecular formula is C9H13Cl2N3. The van der Waals surface area contributed by atoms with Crippen molar-refractivity contribution in [2.24, 2.45) is 5.73 Å². The molecular weight excluding hydrogens is 221 g/mol. The van der Waals surface area contributed by atoms with Gasteiger partial charge in [-0.3, -0.25) is 0 Å². The second kappa shape index (κ2) is 5.86. The summed E-state index contributed by atoms with van der Waals surface area (Å²) < 4.78 is 2.06. The summed E-state index contributed by atoms with van der Waals surface area (Å²) in [5, 5.41) is 0. The number of aromatic nitrogens is 2. The van der Waals surface area contributed by atoms with Gasteiger partial charge in [-0.25, -0.2) is 4.98 Å². The van der Waals surface area contributed by atoms with Crippen LogP contribution in [0.1, 0.15) is 0 Å². The van der Waals surface area contributed by atoms with Crippen LogP contribution in [0.15, 0.2) is 30.6 Å². The SMILES string of the molecule is Cl.Cl.NCCn1cccc2ccnc1-2. The minimum absolute atomic E-state index is 0. The van der Waals surface area contributed by atoms with Gasteiger partial charge >= 0.3 is 0 Å². The molecule has 2 heterocycles. The highest BCUT2D eigenvalue weighted by molar-refractivity contribution is 5.85. The first kappa shape index (κ1) is 13.2. The topological polar surface area (TPSA) is 43.8 Å². The van der Waals surface area contributed by atoms with Crippen molar-refractivity contribution in [3.05, 3.63) is 30.6 Å². The lowest BCUT2D eigenvalue weighted by Gasteiger charge is -2.08. The molecule has 0 radical (unpaired) electrons. The number of nitrogens with zero attached hydrogens (tertiary/aromatic N) is 2. The summed E-state index contributed by atoms with van der Waals surface area (Å²) in [4.78, 5) is 4.24. The van der Waals surface area contributed by atoms with Crippen LogP contribution in [0.25, 0.3) is 11.4 Å². The Morgan fingerprint density at radius 3 is 2.79 bits per heavy atom. The molecule has 78 valence electrons. The van der Waals surface area contributed by atoms with Crippen molar-refractivity contribution in [2.75, 3.05) is 6.54 Å². The molecule has 2 N–H and O–H groups in total. The van der Waals surface area contributed by atoms with Crippen LogP contribution in [0.2, 0.25) is 0 Å². The molecule has 0 saturated heterocycles. The Morgan fingerprint density at radius 2 is 2.07 bits per heavy atom. The van der Waals surface area contributed by atoms with Gasteiger partial charge in [-0.2, -0.15) is 0 Å². The Hall–Kier alpha value is -0.770. The van der Waals surface area contributed by atoms with E-state index in [4.69, 9.17) is 5.73 Å². The van der Waals surface area contributed by atoms with E-state index in [0.717, 1.165) is 12.4 Å². The maximum Gasteiger partial charge on any atom is 0.139 e. The average molecular weight is 234 g/mol. The lowest BCUT2D eigenvalue weighted by atomic mass is 10.2. The molecule has 0 aromatic carbocycles. The average Bonchev–Trinajstić information content (AvgIpc) is 2.53. The molecule has 0 spiro atoms. The number of fused-ring (bicyclic) bond motifs is 1. The standard InChI is InChI=1S/C9H11N3.2ClH/c10-4-7-12-6-1-2-8-3-5-11-9(8)12;;/h1-3,5-6H,4,7,10H2;2*1H. The lowest BCUT2D eigenvalue weighted by molar-refractivity contribution is 0.701. The van der Waals surface area contributed by atoms with Crippen LogP contribution in [0.5, 0.6) is 0 Å². The molecule has 0 aromatic heterocycles. The number of halogens is 2. The highest BCUT2D eigenvalue weighted by Gasteiger charge is 2.05. The summed E-state index contributed by atoms with van der Waals surface area (Å²) in [5.41, 5.74) is 6.64. The molecule has 3 nitrogen and oxygen atoms in total. The first-order chi connectivity index (χ1) is 5.92. The Labute approximate surface area is 95.5 Å². The van der Waals surface area contributed by atoms with Crippen LogP contribution in [-0.4, -0.2) is 16.1 Å². The highest BCUT2D eigenvalue weighted by Crippen LogP contribution is 2.18. The van der Waals surface area contributed by atoms with Crippen LogP contribution < -0.4 is 5.73 Å². The summed E-state index contributed by atoms with van der Waals surface area (Å²) in [7, 11) is 0. The van der Waals surface area contributed by atoms with E-state index in [1.54, 1.807) is 0 Å². The van der Waals surface area contributed by atoms with Crippen molar-refractivity contribution in [2.45, 2.75) is 6.54 Å². The predicted octanol–water partition coefficient (Wildman–Crippen LogP) is 1.79. The molecule has 0 saturated carbocycles. The Morgan fingerprint density at radius 1 is 1.29 bits per heavy atom. The smallest absolute Gasteiger partial charge is 0.139 e. The number of hydrogen-bond acceptors (Lipinski definition) is 2. The van der Waals surface area contributed by atoms with E-state index in [2.05, 4.69) is 15.6 Å². The molecule has 5 heteroatoms. The van der Waals surface area contributed by atoms with Crippen molar-refractivity contribution >= 4 is 24.8 Å². The number of rotatable bonds is 2. The van der Waals surface area contributed by atoms with E-state index in [1.165, 1.54) is 5.56 Å². The van der Waals surface area contributed by atoms with E-state index in [-0.39, 0.29) is 24.8 Å². The first-order valence-corrected chi connectivity index (χ1v) is 4.02. The van der Waals surface area contributed by atoms with Crippen molar-refractivity contribution in [3.8, 4) is 11.4 Å². The summed E-state index contributed by atoms with van der Waals surface area (Å²) in [6.45, 7) is 1.48. The van der Waals surface area contributed by atoms with Crippen molar-refractivity contribution in [1.82, 2.24) is 9.55 Å². The van der Waals surface area contributed by atoms with E-state index >= 15 is 0 Å². The van der Waals surface area contributed by atoms with Crippen LogP contribution in [0, 0.1) is 0 Å². The maximum absolute atomic E-state index is 5.47. The normalized spacial score (nSPS) is 9.21.